The van der Waals surface area contributed by atoms with Crippen LogP contribution in [0.1, 0.15) is 23.0 Å². The van der Waals surface area contributed by atoms with Gasteiger partial charge in [-0.05, 0) is 31.2 Å². The molecule has 0 spiro atoms. The molecule has 0 aliphatic carbocycles. The highest BCUT2D eigenvalue weighted by Gasteiger charge is 2.28. The van der Waals surface area contributed by atoms with Crippen LogP contribution in [0, 0.1) is 11.3 Å². The first kappa shape index (κ1) is 18.6. The van der Waals surface area contributed by atoms with Gasteiger partial charge in [0.15, 0.2) is 5.76 Å². The first-order valence-electron chi connectivity index (χ1n) is 9.28. The van der Waals surface area contributed by atoms with E-state index in [9.17, 15) is 10.1 Å². The molecule has 1 aliphatic heterocycles. The number of rotatable bonds is 5. The fourth-order valence-corrected chi connectivity index (χ4v) is 3.19. The molecule has 4 heterocycles. The van der Waals surface area contributed by atoms with Crippen LogP contribution in [-0.4, -0.2) is 53.6 Å². The zero-order chi connectivity index (χ0) is 20.2. The van der Waals surface area contributed by atoms with Crippen molar-refractivity contribution in [2.45, 2.75) is 6.92 Å². The molecule has 1 amide bonds. The van der Waals surface area contributed by atoms with Gasteiger partial charge in [-0.1, -0.05) is 0 Å². The first-order valence-corrected chi connectivity index (χ1v) is 9.28. The normalized spacial score (nSPS) is 13.9. The largest absolute Gasteiger partial charge is 0.477 e. The van der Waals surface area contributed by atoms with Crippen LogP contribution in [0.5, 0.6) is 5.88 Å². The minimum atomic E-state index is -0.129. The van der Waals surface area contributed by atoms with Gasteiger partial charge in [0.05, 0.1) is 12.9 Å². The highest BCUT2D eigenvalue weighted by atomic mass is 16.5. The zero-order valence-corrected chi connectivity index (χ0v) is 15.9. The minimum absolute atomic E-state index is 0.129. The Balaban J connectivity index is 1.48. The van der Waals surface area contributed by atoms with Gasteiger partial charge >= 0.3 is 0 Å². The van der Waals surface area contributed by atoms with E-state index < -0.39 is 0 Å². The van der Waals surface area contributed by atoms with Gasteiger partial charge in [-0.25, -0.2) is 4.98 Å². The predicted molar refractivity (Wildman–Crippen MR) is 102 cm³/mol. The molecule has 0 bridgehead atoms. The number of furan rings is 1. The summed E-state index contributed by atoms with van der Waals surface area (Å²) in [6.07, 6.45) is 3.12. The lowest BCUT2D eigenvalue weighted by atomic mass is 10.2. The van der Waals surface area contributed by atoms with Crippen LogP contribution in [-0.2, 0) is 0 Å². The van der Waals surface area contributed by atoms with Crippen molar-refractivity contribution in [3.05, 3.63) is 48.0 Å². The van der Waals surface area contributed by atoms with Gasteiger partial charge in [-0.15, -0.1) is 0 Å². The van der Waals surface area contributed by atoms with Crippen molar-refractivity contribution in [1.29, 1.82) is 5.26 Å². The second-order valence-corrected chi connectivity index (χ2v) is 6.33. The summed E-state index contributed by atoms with van der Waals surface area (Å²) in [5.41, 5.74) is 0.641. The average molecular weight is 393 g/mol. The summed E-state index contributed by atoms with van der Waals surface area (Å²) in [7, 11) is 0. The van der Waals surface area contributed by atoms with Gasteiger partial charge in [-0.3, -0.25) is 4.79 Å². The number of carbonyl (C=O) groups excluding carboxylic acids is 1. The van der Waals surface area contributed by atoms with E-state index in [0.717, 1.165) is 0 Å². The molecule has 9 nitrogen and oxygen atoms in total. The summed E-state index contributed by atoms with van der Waals surface area (Å²) in [4.78, 5) is 24.9. The number of hydrogen-bond donors (Lipinski definition) is 0. The number of nitrogens with zero attached hydrogens (tertiary/aromatic N) is 5. The lowest BCUT2D eigenvalue weighted by Gasteiger charge is -2.34. The van der Waals surface area contributed by atoms with Gasteiger partial charge in [0, 0.05) is 32.4 Å². The van der Waals surface area contributed by atoms with Gasteiger partial charge in [-0.2, -0.15) is 10.2 Å². The van der Waals surface area contributed by atoms with E-state index in [-0.39, 0.29) is 17.5 Å². The summed E-state index contributed by atoms with van der Waals surface area (Å²) in [6.45, 7) is 4.26. The highest BCUT2D eigenvalue weighted by molar-refractivity contribution is 5.96. The predicted octanol–water partition coefficient (Wildman–Crippen LogP) is 2.56. The number of amides is 1. The second kappa shape index (κ2) is 8.06. The first-order chi connectivity index (χ1) is 14.2. The Kier molecular flexibility index (Phi) is 5.16. The van der Waals surface area contributed by atoms with Gasteiger partial charge in [0.25, 0.3) is 11.8 Å². The number of ether oxygens (including phenoxy) is 1. The van der Waals surface area contributed by atoms with E-state index in [1.165, 1.54) is 6.26 Å². The summed E-state index contributed by atoms with van der Waals surface area (Å²) < 4.78 is 16.6. The van der Waals surface area contributed by atoms with E-state index in [2.05, 4.69) is 16.0 Å². The number of nitriles is 1. The highest BCUT2D eigenvalue weighted by Crippen LogP contribution is 2.29. The molecule has 148 valence electrons. The SMILES string of the molecule is CCOc1ncccc1C(=O)N1CCN(c2oc(-c3ccco3)nc2C#N)CC1. The Morgan fingerprint density at radius 1 is 1.28 bits per heavy atom. The number of hydrogen-bond acceptors (Lipinski definition) is 8. The van der Waals surface area contributed by atoms with Crippen LogP contribution >= 0.6 is 0 Å². The maximum Gasteiger partial charge on any atom is 0.266 e. The van der Waals surface area contributed by atoms with Crippen LogP contribution in [0.15, 0.2) is 45.6 Å². The molecule has 0 radical (unpaired) electrons. The fraction of sp³-hybridized carbons (Fsp3) is 0.300. The van der Waals surface area contributed by atoms with Crippen molar-refractivity contribution in [2.75, 3.05) is 37.7 Å². The topological polar surface area (TPSA) is 109 Å². The molecule has 3 aromatic heterocycles. The Hall–Kier alpha value is -3.80. The van der Waals surface area contributed by atoms with Crippen LogP contribution < -0.4 is 9.64 Å². The molecule has 0 N–H and O–H groups in total. The van der Waals surface area contributed by atoms with Crippen molar-refractivity contribution >= 4 is 11.8 Å². The maximum atomic E-state index is 12.9. The third-order valence-electron chi connectivity index (χ3n) is 4.58. The molecule has 1 aliphatic rings. The maximum absolute atomic E-state index is 12.9. The monoisotopic (exact) mass is 393 g/mol. The van der Waals surface area contributed by atoms with Crippen molar-refractivity contribution < 1.29 is 18.4 Å². The quantitative estimate of drug-likeness (QED) is 0.651. The summed E-state index contributed by atoms with van der Waals surface area (Å²) in [6, 6.07) is 8.94. The number of pyridine rings is 1. The molecule has 0 unspecified atom stereocenters. The molecule has 9 heteroatoms. The molecule has 0 atom stereocenters. The van der Waals surface area contributed by atoms with Crippen molar-refractivity contribution in [1.82, 2.24) is 14.9 Å². The van der Waals surface area contributed by atoms with Crippen molar-refractivity contribution in [3.63, 3.8) is 0 Å². The van der Waals surface area contributed by atoms with Gasteiger partial charge < -0.3 is 23.4 Å². The second-order valence-electron chi connectivity index (χ2n) is 6.33. The summed E-state index contributed by atoms with van der Waals surface area (Å²) >= 11 is 0. The van der Waals surface area contributed by atoms with E-state index in [0.29, 0.717) is 55.9 Å². The molecule has 1 saturated heterocycles. The standard InChI is InChI=1S/C20H19N5O4/c1-2-27-17-14(5-3-7-22-17)19(26)24-8-10-25(11-9-24)20-15(13-21)23-18(29-20)16-6-4-12-28-16/h3-7,12H,2,8-11H2,1H3. The van der Waals surface area contributed by atoms with E-state index in [1.54, 1.807) is 35.4 Å². The number of oxazole rings is 1. The van der Waals surface area contributed by atoms with Crippen LogP contribution in [0.3, 0.4) is 0 Å². The van der Waals surface area contributed by atoms with Crippen molar-refractivity contribution in [2.24, 2.45) is 0 Å². The lowest BCUT2D eigenvalue weighted by molar-refractivity contribution is 0.0740. The van der Waals surface area contributed by atoms with E-state index in [1.807, 2.05) is 11.8 Å². The molecule has 0 saturated carbocycles. The number of carbonyl (C=O) groups is 1. The fourth-order valence-electron chi connectivity index (χ4n) is 3.19. The molecular formula is C20H19N5O4. The Bertz CT molecular complexity index is 1030. The van der Waals surface area contributed by atoms with Crippen LogP contribution in [0.25, 0.3) is 11.7 Å². The number of anilines is 1. The Labute approximate surface area is 167 Å². The summed E-state index contributed by atoms with van der Waals surface area (Å²) in [5.74, 6) is 1.32. The molecular weight excluding hydrogens is 374 g/mol. The molecule has 29 heavy (non-hydrogen) atoms. The Morgan fingerprint density at radius 2 is 2.10 bits per heavy atom. The smallest absolute Gasteiger partial charge is 0.266 e. The molecule has 0 aromatic carbocycles. The molecule has 4 rings (SSSR count). The third kappa shape index (κ3) is 3.65. The lowest BCUT2D eigenvalue weighted by Crippen LogP contribution is -2.49. The Morgan fingerprint density at radius 3 is 2.79 bits per heavy atom. The molecule has 3 aromatic rings. The third-order valence-corrected chi connectivity index (χ3v) is 4.58. The zero-order valence-electron chi connectivity index (χ0n) is 15.9. The number of aromatic nitrogens is 2. The van der Waals surface area contributed by atoms with Crippen LogP contribution in [0.2, 0.25) is 0 Å². The van der Waals surface area contributed by atoms with E-state index >= 15 is 0 Å². The number of piperazine rings is 1. The molecule has 1 fully saturated rings. The van der Waals surface area contributed by atoms with Crippen LogP contribution in [0.4, 0.5) is 5.88 Å². The summed E-state index contributed by atoms with van der Waals surface area (Å²) in [5, 5.41) is 9.41. The minimum Gasteiger partial charge on any atom is -0.477 e. The van der Waals surface area contributed by atoms with E-state index in [4.69, 9.17) is 13.6 Å². The van der Waals surface area contributed by atoms with Crippen molar-refractivity contribution in [3.8, 4) is 23.6 Å². The average Bonchev–Trinajstić information content (AvgIpc) is 3.44. The van der Waals surface area contributed by atoms with Gasteiger partial charge in [0.1, 0.15) is 11.6 Å². The van der Waals surface area contributed by atoms with Gasteiger partial charge in [0.2, 0.25) is 17.5 Å².